The molecular weight excluding hydrogens is 282 g/mol. The fourth-order valence-electron chi connectivity index (χ4n) is 2.31. The highest BCUT2D eigenvalue weighted by Crippen LogP contribution is 2.29. The maximum Gasteiger partial charge on any atom is 0.118 e. The van der Waals surface area contributed by atoms with Gasteiger partial charge in [-0.2, -0.15) is 5.10 Å². The summed E-state index contributed by atoms with van der Waals surface area (Å²) in [6.45, 7) is 0.560. The maximum atomic E-state index is 5.92. The van der Waals surface area contributed by atoms with Crippen molar-refractivity contribution in [2.75, 3.05) is 13.7 Å². The molecule has 21 heavy (non-hydrogen) atoms. The molecule has 2 heterocycles. The normalized spacial score (nSPS) is 12.3. The van der Waals surface area contributed by atoms with Gasteiger partial charge >= 0.3 is 0 Å². The molecule has 0 spiro atoms. The predicted molar refractivity (Wildman–Crippen MR) is 85.8 cm³/mol. The Balaban J connectivity index is 1.88. The molecule has 0 radical (unpaired) electrons. The molecule has 3 aromatic rings. The Morgan fingerprint density at radius 2 is 2.10 bits per heavy atom. The quantitative estimate of drug-likeness (QED) is 0.760. The highest BCUT2D eigenvalue weighted by molar-refractivity contribution is 7.10. The van der Waals surface area contributed by atoms with Crippen LogP contribution < -0.4 is 10.5 Å². The first-order chi connectivity index (χ1) is 10.3. The smallest absolute Gasteiger partial charge is 0.118 e. The second kappa shape index (κ2) is 6.11. The molecule has 3 rings (SSSR count). The van der Waals surface area contributed by atoms with Crippen molar-refractivity contribution in [2.24, 2.45) is 5.73 Å². The van der Waals surface area contributed by atoms with E-state index in [1.807, 2.05) is 30.3 Å². The lowest BCUT2D eigenvalue weighted by Crippen LogP contribution is -2.12. The van der Waals surface area contributed by atoms with Gasteiger partial charge in [-0.25, -0.2) is 0 Å². The van der Waals surface area contributed by atoms with Crippen LogP contribution in [-0.4, -0.2) is 23.9 Å². The number of ether oxygens (including phenoxy) is 1. The number of H-pyrrole nitrogens is 1. The van der Waals surface area contributed by atoms with Crippen molar-refractivity contribution in [1.82, 2.24) is 10.2 Å². The molecule has 3 N–H and O–H groups in total. The summed E-state index contributed by atoms with van der Waals surface area (Å²) in [6.07, 6.45) is 0. The Kier molecular flexibility index (Phi) is 4.03. The van der Waals surface area contributed by atoms with Crippen LogP contribution in [0.1, 0.15) is 16.5 Å². The highest BCUT2D eigenvalue weighted by atomic mass is 32.1. The Bertz CT molecular complexity index is 689. The Labute approximate surface area is 127 Å². The molecule has 5 heteroatoms. The SMILES string of the molecule is COc1ccc(-c2cc(C(CN)c3cccs3)[nH]n2)cc1. The number of hydrogen-bond donors (Lipinski definition) is 2. The minimum atomic E-state index is 0.171. The van der Waals surface area contributed by atoms with Crippen LogP contribution in [0.15, 0.2) is 47.8 Å². The average molecular weight is 299 g/mol. The largest absolute Gasteiger partial charge is 0.497 e. The lowest BCUT2D eigenvalue weighted by Gasteiger charge is -2.09. The lowest BCUT2D eigenvalue weighted by atomic mass is 10.0. The van der Waals surface area contributed by atoms with Crippen molar-refractivity contribution in [1.29, 1.82) is 0 Å². The van der Waals surface area contributed by atoms with Gasteiger partial charge in [0, 0.05) is 28.6 Å². The first-order valence-corrected chi connectivity index (χ1v) is 7.63. The number of aromatic nitrogens is 2. The molecule has 1 unspecified atom stereocenters. The van der Waals surface area contributed by atoms with Crippen LogP contribution in [0.2, 0.25) is 0 Å². The molecule has 108 valence electrons. The van der Waals surface area contributed by atoms with Crippen molar-refractivity contribution in [3.63, 3.8) is 0 Å². The van der Waals surface area contributed by atoms with Crippen LogP contribution in [0.25, 0.3) is 11.3 Å². The molecule has 1 aromatic carbocycles. The van der Waals surface area contributed by atoms with Crippen LogP contribution in [0, 0.1) is 0 Å². The third-order valence-corrected chi connectivity index (χ3v) is 4.47. The Hall–Kier alpha value is -2.11. The predicted octanol–water partition coefficient (Wildman–Crippen LogP) is 3.24. The summed E-state index contributed by atoms with van der Waals surface area (Å²) in [5, 5.41) is 9.59. The molecule has 2 aromatic heterocycles. The minimum Gasteiger partial charge on any atom is -0.497 e. The summed E-state index contributed by atoms with van der Waals surface area (Å²) in [4.78, 5) is 1.25. The summed E-state index contributed by atoms with van der Waals surface area (Å²) in [5.41, 5.74) is 8.95. The van der Waals surface area contributed by atoms with Crippen molar-refractivity contribution >= 4 is 11.3 Å². The number of rotatable bonds is 5. The second-order valence-electron chi connectivity index (χ2n) is 4.74. The molecule has 0 fully saturated rings. The van der Waals surface area contributed by atoms with E-state index in [0.29, 0.717) is 6.54 Å². The number of benzene rings is 1. The van der Waals surface area contributed by atoms with E-state index in [-0.39, 0.29) is 5.92 Å². The molecule has 0 saturated heterocycles. The van der Waals surface area contributed by atoms with Gasteiger partial charge in [-0.05, 0) is 41.8 Å². The van der Waals surface area contributed by atoms with E-state index in [9.17, 15) is 0 Å². The second-order valence-corrected chi connectivity index (χ2v) is 5.72. The number of nitrogens with zero attached hydrogens (tertiary/aromatic N) is 1. The monoisotopic (exact) mass is 299 g/mol. The number of aromatic amines is 1. The minimum absolute atomic E-state index is 0.171. The van der Waals surface area contributed by atoms with Gasteiger partial charge in [0.15, 0.2) is 0 Å². The summed E-state index contributed by atoms with van der Waals surface area (Å²) in [6, 6.07) is 14.1. The lowest BCUT2D eigenvalue weighted by molar-refractivity contribution is 0.415. The van der Waals surface area contributed by atoms with Crippen LogP contribution in [0.3, 0.4) is 0 Å². The van der Waals surface area contributed by atoms with Crippen molar-refractivity contribution in [2.45, 2.75) is 5.92 Å². The van der Waals surface area contributed by atoms with Crippen molar-refractivity contribution < 1.29 is 4.74 Å². The molecule has 0 saturated carbocycles. The van der Waals surface area contributed by atoms with Crippen molar-refractivity contribution in [3.05, 3.63) is 58.4 Å². The van der Waals surface area contributed by atoms with Gasteiger partial charge in [0.25, 0.3) is 0 Å². The molecular formula is C16H17N3OS. The standard InChI is InChI=1S/C16H17N3OS/c1-20-12-6-4-11(5-7-12)14-9-15(19-18-14)13(10-17)16-3-2-8-21-16/h2-9,13H,10,17H2,1H3,(H,18,19). The molecule has 0 aliphatic rings. The van der Waals surface area contributed by atoms with Gasteiger partial charge < -0.3 is 10.5 Å². The first-order valence-electron chi connectivity index (χ1n) is 6.75. The van der Waals surface area contributed by atoms with Gasteiger partial charge in [-0.3, -0.25) is 5.10 Å². The van der Waals surface area contributed by atoms with E-state index >= 15 is 0 Å². The van der Waals surface area contributed by atoms with E-state index < -0.39 is 0 Å². The van der Waals surface area contributed by atoms with E-state index in [2.05, 4.69) is 27.7 Å². The van der Waals surface area contributed by atoms with E-state index in [0.717, 1.165) is 22.7 Å². The summed E-state index contributed by atoms with van der Waals surface area (Å²) in [5.74, 6) is 1.01. The summed E-state index contributed by atoms with van der Waals surface area (Å²) < 4.78 is 5.17. The average Bonchev–Trinajstić information content (AvgIpc) is 3.20. The molecule has 0 amide bonds. The van der Waals surface area contributed by atoms with E-state index in [1.54, 1.807) is 18.4 Å². The Morgan fingerprint density at radius 1 is 1.29 bits per heavy atom. The topological polar surface area (TPSA) is 63.9 Å². The van der Waals surface area contributed by atoms with Crippen LogP contribution >= 0.6 is 11.3 Å². The highest BCUT2D eigenvalue weighted by Gasteiger charge is 2.16. The zero-order valence-electron chi connectivity index (χ0n) is 11.7. The van der Waals surface area contributed by atoms with E-state index in [4.69, 9.17) is 10.5 Å². The van der Waals surface area contributed by atoms with Gasteiger partial charge in [0.1, 0.15) is 5.75 Å². The number of thiophene rings is 1. The molecule has 0 bridgehead atoms. The molecule has 1 atom stereocenters. The zero-order chi connectivity index (χ0) is 14.7. The van der Waals surface area contributed by atoms with Crippen LogP contribution in [0.5, 0.6) is 5.75 Å². The number of hydrogen-bond acceptors (Lipinski definition) is 4. The maximum absolute atomic E-state index is 5.92. The van der Waals surface area contributed by atoms with Crippen LogP contribution in [0.4, 0.5) is 0 Å². The Morgan fingerprint density at radius 3 is 2.71 bits per heavy atom. The van der Waals surface area contributed by atoms with Gasteiger partial charge in [-0.15, -0.1) is 11.3 Å². The fourth-order valence-corrected chi connectivity index (χ4v) is 3.17. The number of nitrogens with two attached hydrogens (primary N) is 1. The summed E-state index contributed by atoms with van der Waals surface area (Å²) in [7, 11) is 1.66. The first kappa shape index (κ1) is 13.9. The van der Waals surface area contributed by atoms with Gasteiger partial charge in [-0.1, -0.05) is 6.07 Å². The summed E-state index contributed by atoms with van der Waals surface area (Å²) >= 11 is 1.72. The molecule has 4 nitrogen and oxygen atoms in total. The van der Waals surface area contributed by atoms with Gasteiger partial charge in [0.2, 0.25) is 0 Å². The van der Waals surface area contributed by atoms with Gasteiger partial charge in [0.05, 0.1) is 12.8 Å². The zero-order valence-corrected chi connectivity index (χ0v) is 12.6. The van der Waals surface area contributed by atoms with Crippen molar-refractivity contribution in [3.8, 4) is 17.0 Å². The molecule has 0 aliphatic heterocycles. The molecule has 0 aliphatic carbocycles. The fraction of sp³-hybridized carbons (Fsp3) is 0.188. The number of methoxy groups -OCH3 is 1. The van der Waals surface area contributed by atoms with E-state index in [1.165, 1.54) is 4.88 Å². The third kappa shape index (κ3) is 2.84. The van der Waals surface area contributed by atoms with Crippen LogP contribution in [-0.2, 0) is 0 Å². The number of nitrogens with one attached hydrogen (secondary N) is 1. The third-order valence-electron chi connectivity index (χ3n) is 3.48.